The molecule has 2 aromatic heterocycles. The lowest BCUT2D eigenvalue weighted by Gasteiger charge is -2.24. The third-order valence-electron chi connectivity index (χ3n) is 3.56. The highest BCUT2D eigenvalue weighted by molar-refractivity contribution is 5.75. The molecule has 1 saturated carbocycles. The summed E-state index contributed by atoms with van der Waals surface area (Å²) in [5.74, 6) is 1.16. The van der Waals surface area contributed by atoms with Gasteiger partial charge in [-0.05, 0) is 39.7 Å². The molecule has 0 aromatic carbocycles. The molecular formula is C15H22N4. The van der Waals surface area contributed by atoms with E-state index >= 15 is 0 Å². The maximum atomic E-state index is 4.76. The fourth-order valence-electron chi connectivity index (χ4n) is 2.57. The molecule has 102 valence electrons. The zero-order chi connectivity index (χ0) is 13.5. The van der Waals surface area contributed by atoms with E-state index in [2.05, 4.69) is 41.7 Å². The van der Waals surface area contributed by atoms with E-state index in [0.717, 1.165) is 30.3 Å². The molecule has 0 aliphatic heterocycles. The normalized spacial score (nSPS) is 16.2. The van der Waals surface area contributed by atoms with Crippen molar-refractivity contribution in [2.24, 2.45) is 0 Å². The first-order chi connectivity index (χ1) is 9.05. The van der Waals surface area contributed by atoms with Gasteiger partial charge >= 0.3 is 0 Å². The molecule has 2 heterocycles. The second-order valence-electron chi connectivity index (χ2n) is 6.38. The number of rotatable bonds is 4. The predicted molar refractivity (Wildman–Crippen MR) is 77.3 cm³/mol. The summed E-state index contributed by atoms with van der Waals surface area (Å²) in [6.45, 7) is 7.70. The van der Waals surface area contributed by atoms with Crippen molar-refractivity contribution in [1.29, 1.82) is 0 Å². The van der Waals surface area contributed by atoms with Gasteiger partial charge in [0.2, 0.25) is 0 Å². The summed E-state index contributed by atoms with van der Waals surface area (Å²) in [6, 6.07) is 2.82. The van der Waals surface area contributed by atoms with E-state index < -0.39 is 0 Å². The Morgan fingerprint density at radius 1 is 1.37 bits per heavy atom. The largest absolute Gasteiger partial charge is 0.322 e. The maximum Gasteiger partial charge on any atom is 0.111 e. The van der Waals surface area contributed by atoms with Crippen LogP contribution >= 0.6 is 0 Å². The highest BCUT2D eigenvalue weighted by Crippen LogP contribution is 2.25. The monoisotopic (exact) mass is 258 g/mol. The fraction of sp³-hybridized carbons (Fsp3) is 0.600. The van der Waals surface area contributed by atoms with E-state index in [0.29, 0.717) is 0 Å². The molecular weight excluding hydrogens is 236 g/mol. The summed E-state index contributed by atoms with van der Waals surface area (Å²) in [5, 5.41) is 3.56. The van der Waals surface area contributed by atoms with Crippen molar-refractivity contribution in [2.45, 2.75) is 51.6 Å². The maximum absolute atomic E-state index is 4.76. The van der Waals surface area contributed by atoms with Crippen LogP contribution in [0.5, 0.6) is 0 Å². The third-order valence-corrected chi connectivity index (χ3v) is 3.56. The standard InChI is InChI=1S/C15H22N4/c1-15(2,3)19-13-6-8-16-10-12(13)18-14(19)7-9-17-11-4-5-11/h6,8,10-11,17H,4-5,7,9H2,1-3H3. The van der Waals surface area contributed by atoms with Crippen molar-refractivity contribution < 1.29 is 0 Å². The van der Waals surface area contributed by atoms with Gasteiger partial charge in [0.25, 0.3) is 0 Å². The van der Waals surface area contributed by atoms with Crippen LogP contribution < -0.4 is 5.32 Å². The van der Waals surface area contributed by atoms with E-state index in [9.17, 15) is 0 Å². The van der Waals surface area contributed by atoms with Gasteiger partial charge in [-0.3, -0.25) is 4.98 Å². The third kappa shape index (κ3) is 2.63. The topological polar surface area (TPSA) is 42.7 Å². The summed E-state index contributed by atoms with van der Waals surface area (Å²) in [6.07, 6.45) is 7.34. The molecule has 3 rings (SSSR count). The van der Waals surface area contributed by atoms with Crippen LogP contribution in [0.1, 0.15) is 39.4 Å². The van der Waals surface area contributed by atoms with Crippen LogP contribution in [0, 0.1) is 0 Å². The second-order valence-corrected chi connectivity index (χ2v) is 6.38. The minimum absolute atomic E-state index is 0.0466. The fourth-order valence-corrected chi connectivity index (χ4v) is 2.57. The summed E-state index contributed by atoms with van der Waals surface area (Å²) in [4.78, 5) is 8.93. The van der Waals surface area contributed by atoms with Gasteiger partial charge in [-0.25, -0.2) is 4.98 Å². The summed E-state index contributed by atoms with van der Waals surface area (Å²) in [5.41, 5.74) is 2.23. The Bertz CT molecular complexity index is 575. The highest BCUT2D eigenvalue weighted by atomic mass is 15.1. The van der Waals surface area contributed by atoms with Crippen LogP contribution in [-0.4, -0.2) is 27.1 Å². The minimum Gasteiger partial charge on any atom is -0.322 e. The molecule has 0 radical (unpaired) electrons. The smallest absolute Gasteiger partial charge is 0.111 e. The van der Waals surface area contributed by atoms with Gasteiger partial charge in [-0.1, -0.05) is 0 Å². The van der Waals surface area contributed by atoms with Crippen molar-refractivity contribution in [3.05, 3.63) is 24.3 Å². The molecule has 2 aromatic rings. The van der Waals surface area contributed by atoms with Gasteiger partial charge in [-0.2, -0.15) is 0 Å². The van der Waals surface area contributed by atoms with Gasteiger partial charge in [0, 0.05) is 30.7 Å². The molecule has 19 heavy (non-hydrogen) atoms. The Hall–Kier alpha value is -1.42. The Kier molecular flexibility index (Phi) is 3.05. The molecule has 0 amide bonds. The lowest BCUT2D eigenvalue weighted by atomic mass is 10.1. The number of nitrogens with one attached hydrogen (secondary N) is 1. The number of nitrogens with zero attached hydrogens (tertiary/aromatic N) is 3. The molecule has 0 atom stereocenters. The lowest BCUT2D eigenvalue weighted by molar-refractivity contribution is 0.392. The van der Waals surface area contributed by atoms with Crippen LogP contribution in [0.3, 0.4) is 0 Å². The number of fused-ring (bicyclic) bond motifs is 1. The van der Waals surface area contributed by atoms with Gasteiger partial charge in [0.15, 0.2) is 0 Å². The molecule has 0 saturated heterocycles. The summed E-state index contributed by atoms with van der Waals surface area (Å²) >= 11 is 0. The van der Waals surface area contributed by atoms with E-state index in [4.69, 9.17) is 4.98 Å². The average molecular weight is 258 g/mol. The van der Waals surface area contributed by atoms with Crippen molar-refractivity contribution in [1.82, 2.24) is 19.9 Å². The minimum atomic E-state index is 0.0466. The van der Waals surface area contributed by atoms with Crippen LogP contribution in [0.4, 0.5) is 0 Å². The van der Waals surface area contributed by atoms with Crippen LogP contribution in [-0.2, 0) is 12.0 Å². The van der Waals surface area contributed by atoms with Crippen LogP contribution in [0.2, 0.25) is 0 Å². The molecule has 4 heteroatoms. The molecule has 4 nitrogen and oxygen atoms in total. The Balaban J connectivity index is 1.91. The number of hydrogen-bond acceptors (Lipinski definition) is 3. The van der Waals surface area contributed by atoms with E-state index in [1.807, 2.05) is 12.4 Å². The van der Waals surface area contributed by atoms with Crippen molar-refractivity contribution >= 4 is 11.0 Å². The molecule has 0 unspecified atom stereocenters. The molecule has 1 fully saturated rings. The summed E-state index contributed by atoms with van der Waals surface area (Å²) < 4.78 is 2.35. The lowest BCUT2D eigenvalue weighted by Crippen LogP contribution is -2.27. The number of hydrogen-bond donors (Lipinski definition) is 1. The number of imidazole rings is 1. The summed E-state index contributed by atoms with van der Waals surface area (Å²) in [7, 11) is 0. The van der Waals surface area contributed by atoms with Crippen molar-refractivity contribution in [3.8, 4) is 0 Å². The Morgan fingerprint density at radius 3 is 2.84 bits per heavy atom. The predicted octanol–water partition coefficient (Wildman–Crippen LogP) is 2.48. The quantitative estimate of drug-likeness (QED) is 0.916. The van der Waals surface area contributed by atoms with Gasteiger partial charge in [0.05, 0.1) is 11.7 Å². The van der Waals surface area contributed by atoms with E-state index in [1.54, 1.807) is 0 Å². The molecule has 1 N–H and O–H groups in total. The SMILES string of the molecule is CC(C)(C)n1c(CCNC2CC2)nc2cnccc21. The highest BCUT2D eigenvalue weighted by Gasteiger charge is 2.23. The first-order valence-corrected chi connectivity index (χ1v) is 7.11. The number of aromatic nitrogens is 3. The van der Waals surface area contributed by atoms with E-state index in [1.165, 1.54) is 18.4 Å². The van der Waals surface area contributed by atoms with Crippen molar-refractivity contribution in [2.75, 3.05) is 6.54 Å². The zero-order valence-corrected chi connectivity index (χ0v) is 12.0. The molecule has 1 aliphatic rings. The first kappa shape index (κ1) is 12.6. The van der Waals surface area contributed by atoms with E-state index in [-0.39, 0.29) is 5.54 Å². The van der Waals surface area contributed by atoms with Crippen molar-refractivity contribution in [3.63, 3.8) is 0 Å². The van der Waals surface area contributed by atoms with Crippen LogP contribution in [0.15, 0.2) is 18.5 Å². The number of pyridine rings is 1. The zero-order valence-electron chi connectivity index (χ0n) is 12.0. The first-order valence-electron chi connectivity index (χ1n) is 7.11. The van der Waals surface area contributed by atoms with Gasteiger partial charge in [-0.15, -0.1) is 0 Å². The molecule has 0 spiro atoms. The molecule has 1 aliphatic carbocycles. The second kappa shape index (κ2) is 4.60. The van der Waals surface area contributed by atoms with Crippen LogP contribution in [0.25, 0.3) is 11.0 Å². The van der Waals surface area contributed by atoms with Gasteiger partial charge in [0.1, 0.15) is 11.3 Å². The Labute approximate surface area is 114 Å². The average Bonchev–Trinajstić information content (AvgIpc) is 3.07. The van der Waals surface area contributed by atoms with Gasteiger partial charge < -0.3 is 9.88 Å². The molecule has 0 bridgehead atoms. The Morgan fingerprint density at radius 2 is 2.16 bits per heavy atom.